The van der Waals surface area contributed by atoms with Gasteiger partial charge in [-0.2, -0.15) is 0 Å². The zero-order valence-electron chi connectivity index (χ0n) is 12.2. The van der Waals surface area contributed by atoms with Crippen molar-refractivity contribution in [1.29, 1.82) is 0 Å². The van der Waals surface area contributed by atoms with Gasteiger partial charge >= 0.3 is 12.0 Å². The second kappa shape index (κ2) is 6.43. The molecule has 1 aliphatic heterocycles. The lowest BCUT2D eigenvalue weighted by Crippen LogP contribution is -2.47. The first-order chi connectivity index (χ1) is 10.1. The Bertz CT molecular complexity index is 556. The van der Waals surface area contributed by atoms with Crippen LogP contribution in [0.15, 0.2) is 36.9 Å². The summed E-state index contributed by atoms with van der Waals surface area (Å²) in [5.74, 6) is -1.56. The van der Waals surface area contributed by atoms with E-state index in [2.05, 4.69) is 6.58 Å². The molecule has 0 aliphatic carbocycles. The minimum Gasteiger partial charge on any atom is -0.481 e. The van der Waals surface area contributed by atoms with Crippen molar-refractivity contribution in [1.82, 2.24) is 9.80 Å². The minimum absolute atomic E-state index is 0.141. The first-order valence-electron chi connectivity index (χ1n) is 7.03. The number of amides is 2. The van der Waals surface area contributed by atoms with E-state index in [9.17, 15) is 14.7 Å². The van der Waals surface area contributed by atoms with Gasteiger partial charge in [-0.05, 0) is 18.1 Å². The molecule has 2 amide bonds. The maximum atomic E-state index is 12.5. The zero-order chi connectivity index (χ0) is 15.4. The number of nitrogens with zero attached hydrogens (tertiary/aromatic N) is 2. The molecule has 1 aromatic carbocycles. The summed E-state index contributed by atoms with van der Waals surface area (Å²) in [5.41, 5.74) is 1.71. The highest BCUT2D eigenvalue weighted by atomic mass is 16.4. The van der Waals surface area contributed by atoms with Crippen LogP contribution in [0.25, 0.3) is 0 Å². The molecule has 1 aliphatic rings. The van der Waals surface area contributed by atoms with Gasteiger partial charge in [0.2, 0.25) is 0 Å². The summed E-state index contributed by atoms with van der Waals surface area (Å²) in [7, 11) is 0. The van der Waals surface area contributed by atoms with Gasteiger partial charge in [0.1, 0.15) is 0 Å². The lowest BCUT2D eigenvalue weighted by Gasteiger charge is -2.35. The number of carboxylic acids is 1. The summed E-state index contributed by atoms with van der Waals surface area (Å²) in [6.07, 6.45) is 1.67. The molecular weight excluding hydrogens is 268 g/mol. The molecule has 1 atom stereocenters. The smallest absolute Gasteiger partial charge is 0.320 e. The molecule has 0 saturated heterocycles. The average molecular weight is 288 g/mol. The first kappa shape index (κ1) is 15.1. The van der Waals surface area contributed by atoms with Crippen LogP contribution in [0.2, 0.25) is 0 Å². The molecule has 1 heterocycles. The zero-order valence-corrected chi connectivity index (χ0v) is 12.2. The highest BCUT2D eigenvalue weighted by Gasteiger charge is 2.33. The molecule has 2 rings (SSSR count). The van der Waals surface area contributed by atoms with E-state index in [0.717, 1.165) is 11.1 Å². The number of carbonyl (C=O) groups excluding carboxylic acids is 1. The molecule has 0 spiro atoms. The van der Waals surface area contributed by atoms with Crippen LogP contribution in [0, 0.1) is 0 Å². The summed E-state index contributed by atoms with van der Waals surface area (Å²) in [4.78, 5) is 27.2. The van der Waals surface area contributed by atoms with Gasteiger partial charge in [0, 0.05) is 26.2 Å². The summed E-state index contributed by atoms with van der Waals surface area (Å²) in [6.45, 7) is 7.24. The Hall–Kier alpha value is -2.30. The van der Waals surface area contributed by atoms with Gasteiger partial charge in [-0.25, -0.2) is 4.79 Å². The number of likely N-dealkylation sites (N-methyl/N-ethyl adjacent to an activating group) is 1. The number of carboxylic acid groups (broad SMARTS) is 1. The summed E-state index contributed by atoms with van der Waals surface area (Å²) in [5, 5.41) is 9.42. The van der Waals surface area contributed by atoms with Crippen molar-refractivity contribution in [2.45, 2.75) is 19.4 Å². The average Bonchev–Trinajstić information content (AvgIpc) is 2.50. The fourth-order valence-corrected chi connectivity index (χ4v) is 2.66. The van der Waals surface area contributed by atoms with Gasteiger partial charge in [-0.1, -0.05) is 30.3 Å². The fraction of sp³-hybridized carbons (Fsp3) is 0.375. The third-order valence-corrected chi connectivity index (χ3v) is 3.77. The summed E-state index contributed by atoms with van der Waals surface area (Å²) in [6, 6.07) is 7.28. The summed E-state index contributed by atoms with van der Waals surface area (Å²) < 4.78 is 0. The van der Waals surface area contributed by atoms with Crippen LogP contribution < -0.4 is 0 Å². The fourth-order valence-electron chi connectivity index (χ4n) is 2.66. The molecule has 1 unspecified atom stereocenters. The van der Waals surface area contributed by atoms with Crippen LogP contribution >= 0.6 is 0 Å². The van der Waals surface area contributed by atoms with Gasteiger partial charge in [0.05, 0.1) is 5.92 Å². The third-order valence-electron chi connectivity index (χ3n) is 3.77. The first-order valence-corrected chi connectivity index (χ1v) is 7.03. The van der Waals surface area contributed by atoms with Gasteiger partial charge in [-0.3, -0.25) is 4.79 Å². The van der Waals surface area contributed by atoms with E-state index in [0.29, 0.717) is 19.6 Å². The normalized spacial score (nSPS) is 17.0. The number of aliphatic carboxylic acids is 1. The van der Waals surface area contributed by atoms with E-state index < -0.39 is 11.9 Å². The Kier molecular flexibility index (Phi) is 4.62. The van der Waals surface area contributed by atoms with Gasteiger partial charge in [0.25, 0.3) is 0 Å². The number of fused-ring (bicyclic) bond motifs is 1. The molecule has 0 radical (unpaired) electrons. The molecule has 0 fully saturated rings. The van der Waals surface area contributed by atoms with E-state index in [1.165, 1.54) is 0 Å². The Balaban J connectivity index is 2.27. The molecule has 1 N–H and O–H groups in total. The molecule has 5 nitrogen and oxygen atoms in total. The monoisotopic (exact) mass is 288 g/mol. The van der Waals surface area contributed by atoms with Gasteiger partial charge < -0.3 is 14.9 Å². The molecule has 0 saturated carbocycles. The van der Waals surface area contributed by atoms with Crippen molar-refractivity contribution in [3.05, 3.63) is 48.0 Å². The molecule has 21 heavy (non-hydrogen) atoms. The summed E-state index contributed by atoms with van der Waals surface area (Å²) >= 11 is 0. The lowest BCUT2D eigenvalue weighted by atomic mass is 9.90. The molecule has 112 valence electrons. The van der Waals surface area contributed by atoms with E-state index in [-0.39, 0.29) is 12.6 Å². The number of hydrogen-bond acceptors (Lipinski definition) is 2. The number of hydrogen-bond donors (Lipinski definition) is 1. The van der Waals surface area contributed by atoms with E-state index >= 15 is 0 Å². The lowest BCUT2D eigenvalue weighted by molar-refractivity contribution is -0.139. The van der Waals surface area contributed by atoms with E-state index in [4.69, 9.17) is 0 Å². The maximum absolute atomic E-state index is 12.5. The topological polar surface area (TPSA) is 60.9 Å². The predicted octanol–water partition coefficient (Wildman–Crippen LogP) is 2.30. The molecular formula is C16H20N2O3. The number of rotatable bonds is 4. The van der Waals surface area contributed by atoms with Crippen LogP contribution in [0.4, 0.5) is 4.79 Å². The SMILES string of the molecule is C=CCN(CC)C(=O)N1Cc2ccccc2C(C(=O)O)C1. The predicted molar refractivity (Wildman–Crippen MR) is 80.1 cm³/mol. The Morgan fingerprint density at radius 1 is 1.48 bits per heavy atom. The standard InChI is InChI=1S/C16H20N2O3/c1-3-9-17(4-2)16(21)18-10-12-7-5-6-8-13(12)14(11-18)15(19)20/h3,5-8,14H,1,4,9-11H2,2H3,(H,19,20). The van der Waals surface area contributed by atoms with Crippen LogP contribution in [0.3, 0.4) is 0 Å². The molecule has 5 heteroatoms. The van der Waals surface area contributed by atoms with Crippen molar-refractivity contribution in [3.8, 4) is 0 Å². The van der Waals surface area contributed by atoms with Crippen LogP contribution in [-0.4, -0.2) is 46.5 Å². The van der Waals surface area contributed by atoms with E-state index in [1.807, 2.05) is 31.2 Å². The number of benzene rings is 1. The molecule has 0 bridgehead atoms. The van der Waals surface area contributed by atoms with Crippen LogP contribution in [0.5, 0.6) is 0 Å². The largest absolute Gasteiger partial charge is 0.481 e. The van der Waals surface area contributed by atoms with Crippen molar-refractivity contribution < 1.29 is 14.7 Å². The van der Waals surface area contributed by atoms with Crippen molar-refractivity contribution in [2.24, 2.45) is 0 Å². The van der Waals surface area contributed by atoms with Crippen LogP contribution in [0.1, 0.15) is 24.0 Å². The second-order valence-corrected chi connectivity index (χ2v) is 5.08. The maximum Gasteiger partial charge on any atom is 0.320 e. The van der Waals surface area contributed by atoms with E-state index in [1.54, 1.807) is 15.9 Å². The van der Waals surface area contributed by atoms with Crippen molar-refractivity contribution in [3.63, 3.8) is 0 Å². The van der Waals surface area contributed by atoms with Gasteiger partial charge in [-0.15, -0.1) is 6.58 Å². The third kappa shape index (κ3) is 3.07. The Labute approximate surface area is 124 Å². The molecule has 1 aromatic rings. The second-order valence-electron chi connectivity index (χ2n) is 5.08. The number of urea groups is 1. The Morgan fingerprint density at radius 2 is 2.19 bits per heavy atom. The highest BCUT2D eigenvalue weighted by Crippen LogP contribution is 2.29. The van der Waals surface area contributed by atoms with Crippen LogP contribution in [-0.2, 0) is 11.3 Å². The highest BCUT2D eigenvalue weighted by molar-refractivity contribution is 5.81. The quantitative estimate of drug-likeness (QED) is 0.865. The minimum atomic E-state index is -0.897. The van der Waals surface area contributed by atoms with Gasteiger partial charge in [0.15, 0.2) is 0 Å². The van der Waals surface area contributed by atoms with Crippen molar-refractivity contribution in [2.75, 3.05) is 19.6 Å². The Morgan fingerprint density at radius 3 is 2.81 bits per heavy atom. The molecule has 0 aromatic heterocycles. The number of carbonyl (C=O) groups is 2. The van der Waals surface area contributed by atoms with Crippen molar-refractivity contribution >= 4 is 12.0 Å².